The number of nitrogens with one attached hydrogen (secondary N) is 1. The summed E-state index contributed by atoms with van der Waals surface area (Å²) in [7, 11) is 0. The third-order valence-corrected chi connectivity index (χ3v) is 6.33. The van der Waals surface area contributed by atoms with Crippen LogP contribution in [0.4, 0.5) is 4.39 Å². The van der Waals surface area contributed by atoms with E-state index in [9.17, 15) is 9.18 Å². The van der Waals surface area contributed by atoms with Crippen LogP contribution in [-0.2, 0) is 4.79 Å². The summed E-state index contributed by atoms with van der Waals surface area (Å²) in [5.41, 5.74) is 3.42. The van der Waals surface area contributed by atoms with E-state index in [-0.39, 0.29) is 24.5 Å². The smallest absolute Gasteiger partial charge is 0.316 e. The van der Waals surface area contributed by atoms with Gasteiger partial charge in [0.25, 0.3) is 0 Å². The van der Waals surface area contributed by atoms with Crippen LogP contribution in [0.15, 0.2) is 48.8 Å². The normalized spacial score (nSPS) is 17.7. The maximum atomic E-state index is 15.0. The van der Waals surface area contributed by atoms with Gasteiger partial charge in [-0.2, -0.15) is 5.26 Å². The molecule has 176 valence electrons. The Labute approximate surface area is 200 Å². The maximum absolute atomic E-state index is 15.0. The lowest BCUT2D eigenvalue weighted by atomic mass is 9.85. The van der Waals surface area contributed by atoms with Crippen LogP contribution >= 0.6 is 0 Å². The van der Waals surface area contributed by atoms with Crippen LogP contribution in [0.5, 0.6) is 6.01 Å². The van der Waals surface area contributed by atoms with Crippen LogP contribution in [0.3, 0.4) is 0 Å². The predicted octanol–water partition coefficient (Wildman–Crippen LogP) is 5.11. The van der Waals surface area contributed by atoms with Gasteiger partial charge in [-0.25, -0.2) is 19.3 Å². The minimum Gasteiger partial charge on any atom is -0.481 e. The first-order chi connectivity index (χ1) is 17.0. The zero-order valence-corrected chi connectivity index (χ0v) is 18.7. The Morgan fingerprint density at radius 2 is 1.89 bits per heavy atom. The Balaban J connectivity index is 1.27. The van der Waals surface area contributed by atoms with Gasteiger partial charge in [0, 0.05) is 24.4 Å². The molecule has 9 heteroatoms. The van der Waals surface area contributed by atoms with E-state index in [1.165, 1.54) is 6.07 Å². The Kier molecular flexibility index (Phi) is 6.10. The summed E-state index contributed by atoms with van der Waals surface area (Å²) < 4.78 is 20.8. The van der Waals surface area contributed by atoms with Crippen LogP contribution in [0.2, 0.25) is 0 Å². The number of fused-ring (bicyclic) bond motifs is 1. The van der Waals surface area contributed by atoms with Crippen molar-refractivity contribution in [2.45, 2.75) is 38.2 Å². The number of nitriles is 1. The van der Waals surface area contributed by atoms with E-state index in [1.54, 1.807) is 42.7 Å². The first-order valence-electron chi connectivity index (χ1n) is 11.4. The molecule has 8 nitrogen and oxygen atoms in total. The summed E-state index contributed by atoms with van der Waals surface area (Å²) in [5.74, 6) is -0.620. The Bertz CT molecular complexity index is 1420. The van der Waals surface area contributed by atoms with E-state index in [4.69, 9.17) is 15.1 Å². The van der Waals surface area contributed by atoms with Gasteiger partial charge in [0.15, 0.2) is 0 Å². The second-order valence-electron chi connectivity index (χ2n) is 8.74. The number of nitrogens with zero attached hydrogens (tertiary/aromatic N) is 4. The number of rotatable bonds is 6. The number of hydrogen-bond donors (Lipinski definition) is 2. The van der Waals surface area contributed by atoms with Crippen molar-refractivity contribution in [3.05, 3.63) is 60.2 Å². The molecular weight excluding hydrogens is 449 g/mol. The molecule has 2 heterocycles. The molecule has 5 rings (SSSR count). The molecule has 0 spiro atoms. The van der Waals surface area contributed by atoms with E-state index in [0.717, 1.165) is 25.7 Å². The van der Waals surface area contributed by atoms with Gasteiger partial charge in [-0.1, -0.05) is 6.07 Å². The summed E-state index contributed by atoms with van der Waals surface area (Å²) in [6, 6.07) is 12.2. The van der Waals surface area contributed by atoms with Crippen molar-refractivity contribution in [3.8, 4) is 34.6 Å². The fourth-order valence-electron chi connectivity index (χ4n) is 4.47. The molecule has 0 atom stereocenters. The van der Waals surface area contributed by atoms with Crippen LogP contribution in [0, 0.1) is 23.1 Å². The second kappa shape index (κ2) is 9.50. The molecule has 1 aliphatic rings. The number of carboxylic acids is 1. The van der Waals surface area contributed by atoms with Gasteiger partial charge in [0.1, 0.15) is 17.7 Å². The summed E-state index contributed by atoms with van der Waals surface area (Å²) in [6.45, 7) is 0. The van der Waals surface area contributed by atoms with Gasteiger partial charge >= 0.3 is 12.0 Å². The molecule has 1 saturated carbocycles. The Morgan fingerprint density at radius 1 is 1.11 bits per heavy atom. The van der Waals surface area contributed by atoms with Crippen LogP contribution in [-0.4, -0.2) is 37.1 Å². The lowest BCUT2D eigenvalue weighted by molar-refractivity contribution is -0.138. The van der Waals surface area contributed by atoms with Crippen molar-refractivity contribution in [1.82, 2.24) is 19.9 Å². The average Bonchev–Trinajstić information content (AvgIpc) is 3.28. The largest absolute Gasteiger partial charge is 0.481 e. The summed E-state index contributed by atoms with van der Waals surface area (Å²) in [4.78, 5) is 26.9. The first kappa shape index (κ1) is 22.5. The van der Waals surface area contributed by atoms with Crippen LogP contribution in [0.1, 0.15) is 37.7 Å². The number of halogens is 1. The number of aromatic amines is 1. The molecule has 0 saturated heterocycles. The summed E-state index contributed by atoms with van der Waals surface area (Å²) in [5, 5.41) is 18.0. The highest BCUT2D eigenvalue weighted by molar-refractivity contribution is 5.81. The van der Waals surface area contributed by atoms with Gasteiger partial charge in [0.2, 0.25) is 0 Å². The number of H-pyrrole nitrogens is 1. The molecule has 2 N–H and O–H groups in total. The van der Waals surface area contributed by atoms with Crippen LogP contribution in [0.25, 0.3) is 33.5 Å². The molecule has 1 fully saturated rings. The van der Waals surface area contributed by atoms with Gasteiger partial charge < -0.3 is 14.8 Å². The van der Waals surface area contributed by atoms with Crippen molar-refractivity contribution < 1.29 is 19.0 Å². The lowest BCUT2D eigenvalue weighted by Crippen LogP contribution is -2.25. The summed E-state index contributed by atoms with van der Waals surface area (Å²) >= 11 is 0. The molecule has 0 unspecified atom stereocenters. The van der Waals surface area contributed by atoms with Gasteiger partial charge in [-0.05, 0) is 67.5 Å². The number of ether oxygens (including phenoxy) is 1. The third kappa shape index (κ3) is 4.96. The lowest BCUT2D eigenvalue weighted by Gasteiger charge is -2.27. The highest BCUT2D eigenvalue weighted by Gasteiger charge is 2.24. The monoisotopic (exact) mass is 471 g/mol. The fraction of sp³-hybridized carbons (Fsp3) is 0.269. The van der Waals surface area contributed by atoms with Gasteiger partial charge in [-0.3, -0.25) is 4.79 Å². The predicted molar refractivity (Wildman–Crippen MR) is 126 cm³/mol. The number of aromatic nitrogens is 4. The number of imidazole rings is 1. The molecule has 0 amide bonds. The van der Waals surface area contributed by atoms with E-state index >= 15 is 0 Å². The second-order valence-corrected chi connectivity index (χ2v) is 8.74. The maximum Gasteiger partial charge on any atom is 0.316 e. The number of hydrogen-bond acceptors (Lipinski definition) is 6. The topological polar surface area (TPSA) is 125 Å². The quantitative estimate of drug-likeness (QED) is 0.400. The van der Waals surface area contributed by atoms with Crippen LogP contribution < -0.4 is 4.74 Å². The van der Waals surface area contributed by atoms with Crippen molar-refractivity contribution >= 4 is 17.0 Å². The van der Waals surface area contributed by atoms with Gasteiger partial charge in [-0.15, -0.1) is 0 Å². The number of carboxylic acid groups (broad SMARTS) is 1. The highest BCUT2D eigenvalue weighted by atomic mass is 19.1. The first-order valence-corrected chi connectivity index (χ1v) is 11.4. The average molecular weight is 471 g/mol. The number of aliphatic carboxylic acids is 1. The Morgan fingerprint density at radius 3 is 2.57 bits per heavy atom. The highest BCUT2D eigenvalue weighted by Crippen LogP contribution is 2.30. The molecule has 4 aromatic rings. The minimum absolute atomic E-state index is 0.0318. The standard InChI is InChI=1S/C26H22FN5O3/c27-21-11-17(4-7-20(21)25-31-22-8-3-16(12-28)9-23(22)32-25)18-13-29-26(30-14-18)35-19-5-1-15(2-6-19)10-24(33)34/h3-4,7-9,11,13-15,19H,1-2,5-6,10H2,(H,31,32)(H,33,34). The molecular formula is C26H22FN5O3. The molecule has 0 bridgehead atoms. The Hall–Kier alpha value is -4.32. The van der Waals surface area contributed by atoms with Crippen molar-refractivity contribution in [3.63, 3.8) is 0 Å². The summed E-state index contributed by atoms with van der Waals surface area (Å²) in [6.07, 6.45) is 6.53. The van der Waals surface area contributed by atoms with E-state index < -0.39 is 11.8 Å². The van der Waals surface area contributed by atoms with Crippen molar-refractivity contribution in [2.24, 2.45) is 5.92 Å². The van der Waals surface area contributed by atoms with Crippen molar-refractivity contribution in [2.75, 3.05) is 0 Å². The minimum atomic E-state index is -0.760. The van der Waals surface area contributed by atoms with E-state index in [2.05, 4.69) is 26.0 Å². The molecule has 0 radical (unpaired) electrons. The molecule has 2 aromatic heterocycles. The zero-order chi connectivity index (χ0) is 24.4. The number of benzene rings is 2. The number of carbonyl (C=O) groups is 1. The van der Waals surface area contributed by atoms with E-state index in [1.807, 2.05) is 0 Å². The van der Waals surface area contributed by atoms with E-state index in [0.29, 0.717) is 39.1 Å². The van der Waals surface area contributed by atoms with Gasteiger partial charge in [0.05, 0.1) is 28.2 Å². The fourth-order valence-corrected chi connectivity index (χ4v) is 4.47. The SMILES string of the molecule is N#Cc1ccc2nc(-c3ccc(-c4cnc(OC5CCC(CC(=O)O)CC5)nc4)cc3F)[nH]c2c1. The zero-order valence-electron chi connectivity index (χ0n) is 18.7. The third-order valence-electron chi connectivity index (χ3n) is 6.33. The molecule has 35 heavy (non-hydrogen) atoms. The molecule has 0 aliphatic heterocycles. The molecule has 2 aromatic carbocycles. The molecule has 1 aliphatic carbocycles. The van der Waals surface area contributed by atoms with Crippen molar-refractivity contribution in [1.29, 1.82) is 5.26 Å².